The zero-order valence-electron chi connectivity index (χ0n) is 11.8. The van der Waals surface area contributed by atoms with Crippen molar-refractivity contribution in [2.24, 2.45) is 0 Å². The Morgan fingerprint density at radius 1 is 1.35 bits per heavy atom. The fraction of sp³-hybridized carbons (Fsp3) is 0.353. The molecule has 1 aromatic carbocycles. The second-order valence-corrected chi connectivity index (χ2v) is 6.21. The van der Waals surface area contributed by atoms with Crippen LogP contribution >= 0.6 is 11.8 Å². The highest BCUT2D eigenvalue weighted by molar-refractivity contribution is 8.03. The Bertz CT molecular complexity index is 588. The van der Waals surface area contributed by atoms with Gasteiger partial charge in [-0.1, -0.05) is 36.9 Å². The van der Waals surface area contributed by atoms with Crippen LogP contribution in [0.15, 0.2) is 52.0 Å². The van der Waals surface area contributed by atoms with Gasteiger partial charge in [0.25, 0.3) is 0 Å². The number of thioether (sulfide) groups is 1. The second kappa shape index (κ2) is 5.88. The van der Waals surface area contributed by atoms with Gasteiger partial charge in [0.1, 0.15) is 0 Å². The summed E-state index contributed by atoms with van der Waals surface area (Å²) in [6.07, 6.45) is 9.47. The third-order valence-electron chi connectivity index (χ3n) is 3.73. The maximum absolute atomic E-state index is 11.8. The summed E-state index contributed by atoms with van der Waals surface area (Å²) in [4.78, 5) is 15.3. The smallest absolute Gasteiger partial charge is 0.158 e. The Labute approximate surface area is 124 Å². The average Bonchev–Trinajstić information content (AvgIpc) is 2.85. The molecule has 0 unspecified atom stereocenters. The first kappa shape index (κ1) is 13.5. The van der Waals surface area contributed by atoms with Crippen LogP contribution in [0.3, 0.4) is 0 Å². The highest BCUT2D eigenvalue weighted by Crippen LogP contribution is 2.48. The minimum absolute atomic E-state index is 0.196. The van der Waals surface area contributed by atoms with E-state index in [9.17, 15) is 4.79 Å². The Balaban J connectivity index is 2.02. The summed E-state index contributed by atoms with van der Waals surface area (Å²) in [7, 11) is 0. The van der Waals surface area contributed by atoms with Gasteiger partial charge in [0.2, 0.25) is 0 Å². The molecule has 0 radical (unpaired) electrons. The normalized spacial score (nSPS) is 19.9. The van der Waals surface area contributed by atoms with Gasteiger partial charge >= 0.3 is 0 Å². The Kier molecular flexibility index (Phi) is 3.97. The summed E-state index contributed by atoms with van der Waals surface area (Å²) >= 11 is 1.71. The summed E-state index contributed by atoms with van der Waals surface area (Å²) < 4.78 is 0. The molecule has 0 saturated carbocycles. The van der Waals surface area contributed by atoms with Crippen LogP contribution in [0.5, 0.6) is 0 Å². The van der Waals surface area contributed by atoms with Gasteiger partial charge in [-0.15, -0.1) is 0 Å². The van der Waals surface area contributed by atoms with E-state index in [0.29, 0.717) is 6.42 Å². The summed E-state index contributed by atoms with van der Waals surface area (Å²) in [5.41, 5.74) is 2.57. The number of nitrogens with zero attached hydrogens (tertiary/aromatic N) is 1. The molecule has 1 heterocycles. The number of benzene rings is 1. The molecule has 0 saturated heterocycles. The lowest BCUT2D eigenvalue weighted by Crippen LogP contribution is -2.19. The van der Waals surface area contributed by atoms with E-state index in [1.807, 2.05) is 6.92 Å². The van der Waals surface area contributed by atoms with Gasteiger partial charge in [0.15, 0.2) is 5.78 Å². The Morgan fingerprint density at radius 3 is 2.95 bits per heavy atom. The second-order valence-electron chi connectivity index (χ2n) is 5.15. The largest absolute Gasteiger partial charge is 0.307 e. The predicted molar refractivity (Wildman–Crippen MR) is 84.7 cm³/mol. The standard InChI is InChI=1S/C17H19NOS/c1-2-14(19)12-17-18(13-8-4-3-5-9-13)15-10-6-7-11-16(15)20-17/h6-8,10-12H,2-5,9H2,1H3/b17-12-. The molecule has 104 valence electrons. The fourth-order valence-electron chi connectivity index (χ4n) is 2.66. The minimum Gasteiger partial charge on any atom is -0.307 e. The van der Waals surface area contributed by atoms with Crippen LogP contribution in [0.25, 0.3) is 0 Å². The first-order chi connectivity index (χ1) is 9.79. The number of rotatable bonds is 3. The summed E-state index contributed by atoms with van der Waals surface area (Å²) in [5.74, 6) is 0.196. The van der Waals surface area contributed by atoms with E-state index < -0.39 is 0 Å². The molecule has 0 fully saturated rings. The van der Waals surface area contributed by atoms with Crippen molar-refractivity contribution >= 4 is 23.2 Å². The van der Waals surface area contributed by atoms with E-state index in [0.717, 1.165) is 17.9 Å². The Hall–Kier alpha value is -1.48. The number of carbonyl (C=O) groups excluding carboxylic acids is 1. The van der Waals surface area contributed by atoms with Crippen molar-refractivity contribution in [1.29, 1.82) is 0 Å². The predicted octanol–water partition coefficient (Wildman–Crippen LogP) is 4.88. The topological polar surface area (TPSA) is 20.3 Å². The molecule has 0 spiro atoms. The third-order valence-corrected chi connectivity index (χ3v) is 4.80. The molecule has 20 heavy (non-hydrogen) atoms. The maximum atomic E-state index is 11.8. The molecular weight excluding hydrogens is 266 g/mol. The summed E-state index contributed by atoms with van der Waals surface area (Å²) in [5, 5.41) is 1.06. The lowest BCUT2D eigenvalue weighted by Gasteiger charge is -2.26. The van der Waals surface area contributed by atoms with Crippen molar-refractivity contribution in [2.45, 2.75) is 43.9 Å². The van der Waals surface area contributed by atoms with Crippen molar-refractivity contribution in [3.8, 4) is 0 Å². The number of fused-ring (bicyclic) bond motifs is 1. The van der Waals surface area contributed by atoms with Gasteiger partial charge in [-0.2, -0.15) is 0 Å². The first-order valence-electron chi connectivity index (χ1n) is 7.30. The van der Waals surface area contributed by atoms with Crippen molar-refractivity contribution in [2.75, 3.05) is 4.90 Å². The van der Waals surface area contributed by atoms with Gasteiger partial charge in [-0.3, -0.25) is 4.79 Å². The van der Waals surface area contributed by atoms with Crippen molar-refractivity contribution in [1.82, 2.24) is 0 Å². The van der Waals surface area contributed by atoms with Crippen LogP contribution in [0.1, 0.15) is 39.0 Å². The van der Waals surface area contributed by atoms with Crippen LogP contribution < -0.4 is 4.90 Å². The van der Waals surface area contributed by atoms with E-state index >= 15 is 0 Å². The van der Waals surface area contributed by atoms with E-state index in [2.05, 4.69) is 35.2 Å². The van der Waals surface area contributed by atoms with Gasteiger partial charge < -0.3 is 4.90 Å². The molecule has 0 N–H and O–H groups in total. The highest BCUT2D eigenvalue weighted by atomic mass is 32.2. The SMILES string of the molecule is CCC(=O)/C=C1\Sc2ccccc2N1C1=CCCCC1. The van der Waals surface area contributed by atoms with Crippen LogP contribution in [0, 0.1) is 0 Å². The minimum atomic E-state index is 0.196. The monoisotopic (exact) mass is 285 g/mol. The molecule has 1 aliphatic heterocycles. The molecular formula is C17H19NOS. The van der Waals surface area contributed by atoms with Gasteiger partial charge in [-0.25, -0.2) is 0 Å². The lowest BCUT2D eigenvalue weighted by atomic mass is 10.0. The fourth-order valence-corrected chi connectivity index (χ4v) is 3.79. The number of hydrogen-bond acceptors (Lipinski definition) is 3. The van der Waals surface area contributed by atoms with Crippen molar-refractivity contribution in [3.05, 3.63) is 47.1 Å². The van der Waals surface area contributed by atoms with E-state index in [1.54, 1.807) is 17.8 Å². The molecule has 3 heteroatoms. The maximum Gasteiger partial charge on any atom is 0.158 e. The molecule has 0 atom stereocenters. The van der Waals surface area contributed by atoms with Crippen molar-refractivity contribution in [3.63, 3.8) is 0 Å². The zero-order valence-corrected chi connectivity index (χ0v) is 12.6. The van der Waals surface area contributed by atoms with Crippen molar-refractivity contribution < 1.29 is 4.79 Å². The molecule has 2 aliphatic rings. The number of anilines is 1. The third kappa shape index (κ3) is 2.55. The van der Waals surface area contributed by atoms with Gasteiger partial charge in [-0.05, 0) is 37.8 Å². The van der Waals surface area contributed by atoms with Crippen LogP contribution in [-0.4, -0.2) is 5.78 Å². The average molecular weight is 285 g/mol. The van der Waals surface area contributed by atoms with Gasteiger partial charge in [0.05, 0.1) is 10.7 Å². The number of carbonyl (C=O) groups is 1. The number of ketones is 1. The van der Waals surface area contributed by atoms with Crippen LogP contribution in [0.4, 0.5) is 5.69 Å². The quantitative estimate of drug-likeness (QED) is 0.738. The molecule has 0 bridgehead atoms. The molecule has 0 amide bonds. The van der Waals surface area contributed by atoms with Gasteiger partial charge in [0, 0.05) is 23.1 Å². The number of hydrogen-bond donors (Lipinski definition) is 0. The number of para-hydroxylation sites is 1. The van der Waals surface area contributed by atoms with E-state index in [1.165, 1.54) is 29.1 Å². The molecule has 2 nitrogen and oxygen atoms in total. The molecule has 3 rings (SSSR count). The van der Waals surface area contributed by atoms with E-state index in [-0.39, 0.29) is 5.78 Å². The van der Waals surface area contributed by atoms with E-state index in [4.69, 9.17) is 0 Å². The van der Waals surface area contributed by atoms with Crippen LogP contribution in [-0.2, 0) is 4.79 Å². The Morgan fingerprint density at radius 2 is 2.20 bits per heavy atom. The first-order valence-corrected chi connectivity index (χ1v) is 8.12. The summed E-state index contributed by atoms with van der Waals surface area (Å²) in [6.45, 7) is 1.91. The lowest BCUT2D eigenvalue weighted by molar-refractivity contribution is -0.114. The highest BCUT2D eigenvalue weighted by Gasteiger charge is 2.28. The molecule has 0 aromatic heterocycles. The zero-order chi connectivity index (χ0) is 13.9. The van der Waals surface area contributed by atoms with Crippen LogP contribution in [0.2, 0.25) is 0 Å². The summed E-state index contributed by atoms with van der Waals surface area (Å²) in [6, 6.07) is 8.41. The number of allylic oxidation sites excluding steroid dienone is 3. The molecule has 1 aromatic rings. The molecule has 1 aliphatic carbocycles.